The van der Waals surface area contributed by atoms with Crippen molar-refractivity contribution in [1.82, 2.24) is 25.5 Å². The van der Waals surface area contributed by atoms with E-state index in [1.54, 1.807) is 6.07 Å². The van der Waals surface area contributed by atoms with Crippen molar-refractivity contribution in [3.05, 3.63) is 42.4 Å². The van der Waals surface area contributed by atoms with E-state index in [2.05, 4.69) is 65.1 Å². The van der Waals surface area contributed by atoms with Crippen molar-refractivity contribution < 1.29 is 5.11 Å². The number of rotatable bonds is 4. The van der Waals surface area contributed by atoms with Gasteiger partial charge in [-0.3, -0.25) is 0 Å². The molecule has 0 atom stereocenters. The van der Waals surface area contributed by atoms with Crippen molar-refractivity contribution in [2.75, 3.05) is 11.9 Å². The Kier molecular flexibility index (Phi) is 5.25. The minimum atomic E-state index is 0.0639. The van der Waals surface area contributed by atoms with E-state index in [1.165, 1.54) is 0 Å². The molecule has 0 unspecified atom stereocenters. The average Bonchev–Trinajstić information content (AvgIpc) is 3.11. The minimum Gasteiger partial charge on any atom is -0.507 e. The molecule has 164 valence electrons. The van der Waals surface area contributed by atoms with Crippen molar-refractivity contribution in [2.45, 2.75) is 64.6 Å². The molecule has 31 heavy (non-hydrogen) atoms. The van der Waals surface area contributed by atoms with Crippen LogP contribution in [0.1, 0.15) is 46.4 Å². The van der Waals surface area contributed by atoms with Crippen LogP contribution in [0.3, 0.4) is 0 Å². The summed E-state index contributed by atoms with van der Waals surface area (Å²) in [5.74, 6) is 1.84. The van der Waals surface area contributed by atoms with Gasteiger partial charge in [0, 0.05) is 41.5 Å². The minimum absolute atomic E-state index is 0.0639. The summed E-state index contributed by atoms with van der Waals surface area (Å²) in [5.41, 5.74) is 3.08. The number of nitrogens with zero attached hydrogens (tertiary/aromatic N) is 4. The maximum Gasteiger partial charge on any atom is 0.151 e. The number of H-pyrrole nitrogens is 1. The Morgan fingerprint density at radius 1 is 1.00 bits per heavy atom. The second kappa shape index (κ2) is 7.64. The van der Waals surface area contributed by atoms with Crippen LogP contribution in [0, 0.1) is 6.92 Å². The fourth-order valence-corrected chi connectivity index (χ4v) is 4.86. The number of hydrogen-bond acceptors (Lipinski definition) is 6. The molecule has 1 aromatic carbocycles. The third-order valence-corrected chi connectivity index (χ3v) is 6.00. The number of anilines is 1. The Bertz CT molecular complexity index is 1050. The van der Waals surface area contributed by atoms with E-state index in [0.29, 0.717) is 17.3 Å². The molecule has 0 saturated carbocycles. The summed E-state index contributed by atoms with van der Waals surface area (Å²) in [7, 11) is 2.09. The summed E-state index contributed by atoms with van der Waals surface area (Å²) in [6.07, 6.45) is 3.90. The van der Waals surface area contributed by atoms with Crippen LogP contribution in [0.2, 0.25) is 0 Å². The van der Waals surface area contributed by atoms with Gasteiger partial charge >= 0.3 is 0 Å². The maximum absolute atomic E-state index is 10.6. The van der Waals surface area contributed by atoms with Gasteiger partial charge in [-0.05, 0) is 71.7 Å². The molecule has 0 aliphatic carbocycles. The predicted octanol–water partition coefficient (Wildman–Crippen LogP) is 4.29. The highest BCUT2D eigenvalue weighted by Crippen LogP contribution is 2.34. The molecule has 0 bridgehead atoms. The van der Waals surface area contributed by atoms with Crippen LogP contribution in [0.15, 0.2) is 36.5 Å². The Morgan fingerprint density at radius 3 is 2.26 bits per heavy atom. The molecule has 7 heteroatoms. The Hall–Kier alpha value is -2.93. The standard InChI is InChI=1S/C24H32N6O/c1-15-25-14-20(26-15)16-7-8-18(21(31)11-16)19-9-10-22(28-27-19)30(6)17-12-23(2,3)29-24(4,5)13-17/h7-11,14,17,29,31H,12-13H2,1-6H3,(H,25,26). The van der Waals surface area contributed by atoms with Crippen LogP contribution < -0.4 is 10.2 Å². The molecule has 0 spiro atoms. The number of nitrogens with one attached hydrogen (secondary N) is 2. The molecule has 3 aromatic rings. The number of aromatic hydroxyl groups is 1. The lowest BCUT2D eigenvalue weighted by Gasteiger charge is -2.49. The van der Waals surface area contributed by atoms with E-state index in [9.17, 15) is 5.11 Å². The molecular formula is C24H32N6O. The number of phenolic OH excluding ortho intramolecular Hbond substituents is 1. The number of aromatic nitrogens is 4. The fourth-order valence-electron chi connectivity index (χ4n) is 4.86. The molecule has 4 rings (SSSR count). The molecule has 1 aliphatic heterocycles. The first kappa shape index (κ1) is 21.3. The van der Waals surface area contributed by atoms with E-state index in [0.717, 1.165) is 35.7 Å². The quantitative estimate of drug-likeness (QED) is 0.583. The van der Waals surface area contributed by atoms with Crippen molar-refractivity contribution in [1.29, 1.82) is 0 Å². The lowest BCUT2D eigenvalue weighted by Crippen LogP contribution is -2.62. The van der Waals surface area contributed by atoms with E-state index >= 15 is 0 Å². The molecule has 0 amide bonds. The Labute approximate surface area is 183 Å². The Morgan fingerprint density at radius 2 is 1.71 bits per heavy atom. The zero-order valence-corrected chi connectivity index (χ0v) is 19.2. The first-order valence-electron chi connectivity index (χ1n) is 10.7. The molecule has 0 radical (unpaired) electrons. The smallest absolute Gasteiger partial charge is 0.151 e. The van der Waals surface area contributed by atoms with E-state index in [-0.39, 0.29) is 16.8 Å². The van der Waals surface area contributed by atoms with Crippen LogP contribution in [-0.4, -0.2) is 49.4 Å². The average molecular weight is 421 g/mol. The predicted molar refractivity (Wildman–Crippen MR) is 124 cm³/mol. The molecule has 1 fully saturated rings. The van der Waals surface area contributed by atoms with Gasteiger partial charge in [0.2, 0.25) is 0 Å². The van der Waals surface area contributed by atoms with Crippen molar-refractivity contribution in [2.24, 2.45) is 0 Å². The molecule has 3 heterocycles. The van der Waals surface area contributed by atoms with Crippen molar-refractivity contribution in [3.8, 4) is 28.3 Å². The lowest BCUT2D eigenvalue weighted by molar-refractivity contribution is 0.160. The third kappa shape index (κ3) is 4.56. The SMILES string of the molecule is Cc1nc(-c2ccc(-c3ccc(N(C)C4CC(C)(C)NC(C)(C)C4)nn3)c(O)c2)c[nH]1. The van der Waals surface area contributed by atoms with Gasteiger partial charge in [-0.1, -0.05) is 6.07 Å². The summed E-state index contributed by atoms with van der Waals surface area (Å²) in [6.45, 7) is 10.9. The number of imidazole rings is 1. The van der Waals surface area contributed by atoms with Crippen LogP contribution in [0.5, 0.6) is 5.75 Å². The number of aromatic amines is 1. The Balaban J connectivity index is 1.54. The summed E-state index contributed by atoms with van der Waals surface area (Å²) in [4.78, 5) is 9.70. The second-order valence-electron chi connectivity index (χ2n) is 9.95. The number of piperidine rings is 1. The van der Waals surface area contributed by atoms with Crippen LogP contribution in [0.25, 0.3) is 22.5 Å². The highest BCUT2D eigenvalue weighted by molar-refractivity contribution is 5.73. The zero-order valence-electron chi connectivity index (χ0n) is 19.2. The third-order valence-electron chi connectivity index (χ3n) is 6.00. The van der Waals surface area contributed by atoms with Gasteiger partial charge in [0.05, 0.1) is 11.4 Å². The van der Waals surface area contributed by atoms with Gasteiger partial charge in [-0.2, -0.15) is 0 Å². The second-order valence-corrected chi connectivity index (χ2v) is 9.95. The molecule has 1 saturated heterocycles. The van der Waals surface area contributed by atoms with E-state index < -0.39 is 0 Å². The van der Waals surface area contributed by atoms with Gasteiger partial charge in [-0.25, -0.2) is 4.98 Å². The van der Waals surface area contributed by atoms with Crippen LogP contribution in [0.4, 0.5) is 5.82 Å². The molecule has 1 aliphatic rings. The van der Waals surface area contributed by atoms with Crippen molar-refractivity contribution in [3.63, 3.8) is 0 Å². The van der Waals surface area contributed by atoms with Gasteiger partial charge in [0.15, 0.2) is 5.82 Å². The first-order chi connectivity index (χ1) is 14.5. The zero-order chi connectivity index (χ0) is 22.4. The highest BCUT2D eigenvalue weighted by Gasteiger charge is 2.39. The summed E-state index contributed by atoms with van der Waals surface area (Å²) in [6, 6.07) is 9.78. The lowest BCUT2D eigenvalue weighted by atomic mass is 9.79. The van der Waals surface area contributed by atoms with Gasteiger partial charge < -0.3 is 20.3 Å². The van der Waals surface area contributed by atoms with Gasteiger partial charge in [0.1, 0.15) is 11.6 Å². The molecule has 2 aromatic heterocycles. The monoisotopic (exact) mass is 420 g/mol. The fraction of sp³-hybridized carbons (Fsp3) is 0.458. The summed E-state index contributed by atoms with van der Waals surface area (Å²) in [5, 5.41) is 23.2. The topological polar surface area (TPSA) is 90.0 Å². The molecular weight excluding hydrogens is 388 g/mol. The molecule has 3 N–H and O–H groups in total. The highest BCUT2D eigenvalue weighted by atomic mass is 16.3. The normalized spacial score (nSPS) is 18.1. The number of benzene rings is 1. The van der Waals surface area contributed by atoms with E-state index in [1.807, 2.05) is 37.4 Å². The summed E-state index contributed by atoms with van der Waals surface area (Å²) >= 11 is 0. The maximum atomic E-state index is 10.6. The first-order valence-corrected chi connectivity index (χ1v) is 10.7. The van der Waals surface area contributed by atoms with Crippen LogP contribution >= 0.6 is 0 Å². The van der Waals surface area contributed by atoms with Crippen molar-refractivity contribution >= 4 is 5.82 Å². The summed E-state index contributed by atoms with van der Waals surface area (Å²) < 4.78 is 0. The molecule has 7 nitrogen and oxygen atoms in total. The van der Waals surface area contributed by atoms with Gasteiger partial charge in [0.25, 0.3) is 0 Å². The van der Waals surface area contributed by atoms with Gasteiger partial charge in [-0.15, -0.1) is 10.2 Å². The number of hydrogen-bond donors (Lipinski definition) is 3. The number of phenols is 1. The number of aryl methyl sites for hydroxylation is 1. The van der Waals surface area contributed by atoms with E-state index in [4.69, 9.17) is 0 Å². The largest absolute Gasteiger partial charge is 0.507 e. The van der Waals surface area contributed by atoms with Crippen LogP contribution in [-0.2, 0) is 0 Å².